The Hall–Kier alpha value is -1.51. The number of anilines is 1. The van der Waals surface area contributed by atoms with Gasteiger partial charge in [-0.15, -0.1) is 0 Å². The molecule has 3 heteroatoms. The van der Waals surface area contributed by atoms with Crippen molar-refractivity contribution >= 4 is 11.6 Å². The SMILES string of the molecule is CNc1ccc(C(=O)NC2CCCC(C)C2)c(C)c1. The van der Waals surface area contributed by atoms with Crippen molar-refractivity contribution in [3.8, 4) is 0 Å². The van der Waals surface area contributed by atoms with Crippen LogP contribution in [-0.4, -0.2) is 19.0 Å². The molecule has 1 saturated carbocycles. The van der Waals surface area contributed by atoms with Gasteiger partial charge in [0, 0.05) is 24.3 Å². The van der Waals surface area contributed by atoms with Gasteiger partial charge in [-0.1, -0.05) is 19.8 Å². The normalized spacial score (nSPS) is 22.9. The van der Waals surface area contributed by atoms with Gasteiger partial charge in [0.1, 0.15) is 0 Å². The van der Waals surface area contributed by atoms with Gasteiger partial charge in [0.2, 0.25) is 0 Å². The molecule has 1 aliphatic rings. The van der Waals surface area contributed by atoms with Gasteiger partial charge < -0.3 is 10.6 Å². The van der Waals surface area contributed by atoms with Crippen LogP contribution in [0.25, 0.3) is 0 Å². The lowest BCUT2D eigenvalue weighted by Crippen LogP contribution is -2.38. The van der Waals surface area contributed by atoms with Crippen LogP contribution in [0, 0.1) is 12.8 Å². The summed E-state index contributed by atoms with van der Waals surface area (Å²) in [4.78, 5) is 12.3. The van der Waals surface area contributed by atoms with Gasteiger partial charge in [0.05, 0.1) is 0 Å². The van der Waals surface area contributed by atoms with Gasteiger partial charge in [0.15, 0.2) is 0 Å². The molecule has 0 bridgehead atoms. The summed E-state index contributed by atoms with van der Waals surface area (Å²) in [5.41, 5.74) is 2.85. The van der Waals surface area contributed by atoms with Gasteiger partial charge in [-0.05, 0) is 49.4 Å². The number of amides is 1. The first-order chi connectivity index (χ1) is 9.10. The summed E-state index contributed by atoms with van der Waals surface area (Å²) in [6.07, 6.45) is 4.75. The summed E-state index contributed by atoms with van der Waals surface area (Å²) >= 11 is 0. The van der Waals surface area contributed by atoms with E-state index in [0.717, 1.165) is 35.6 Å². The lowest BCUT2D eigenvalue weighted by Gasteiger charge is -2.27. The van der Waals surface area contributed by atoms with E-state index in [-0.39, 0.29) is 5.91 Å². The maximum absolute atomic E-state index is 12.3. The van der Waals surface area contributed by atoms with Crippen LogP contribution in [0.3, 0.4) is 0 Å². The van der Waals surface area contributed by atoms with Crippen LogP contribution < -0.4 is 10.6 Å². The molecular formula is C16H24N2O. The highest BCUT2D eigenvalue weighted by Crippen LogP contribution is 2.24. The molecule has 2 N–H and O–H groups in total. The Kier molecular flexibility index (Phi) is 4.46. The quantitative estimate of drug-likeness (QED) is 0.875. The Morgan fingerprint density at radius 1 is 1.32 bits per heavy atom. The van der Waals surface area contributed by atoms with Gasteiger partial charge in [-0.2, -0.15) is 0 Å². The van der Waals surface area contributed by atoms with Crippen molar-refractivity contribution in [3.05, 3.63) is 29.3 Å². The van der Waals surface area contributed by atoms with Crippen molar-refractivity contribution in [2.75, 3.05) is 12.4 Å². The average molecular weight is 260 g/mol. The predicted octanol–water partition coefficient (Wildman–Crippen LogP) is 3.35. The van der Waals surface area contributed by atoms with Crippen LogP contribution in [0.4, 0.5) is 5.69 Å². The molecule has 0 aromatic heterocycles. The molecular weight excluding hydrogens is 236 g/mol. The van der Waals surface area contributed by atoms with Gasteiger partial charge in [-0.3, -0.25) is 4.79 Å². The minimum Gasteiger partial charge on any atom is -0.388 e. The fourth-order valence-corrected chi connectivity index (χ4v) is 2.90. The van der Waals surface area contributed by atoms with E-state index in [1.165, 1.54) is 12.8 Å². The van der Waals surface area contributed by atoms with Crippen LogP contribution in [0.5, 0.6) is 0 Å². The number of hydrogen-bond acceptors (Lipinski definition) is 2. The van der Waals surface area contributed by atoms with E-state index in [4.69, 9.17) is 0 Å². The lowest BCUT2D eigenvalue weighted by molar-refractivity contribution is 0.0921. The molecule has 2 rings (SSSR count). The first-order valence-corrected chi connectivity index (χ1v) is 7.19. The number of benzene rings is 1. The number of nitrogens with one attached hydrogen (secondary N) is 2. The number of carbonyl (C=O) groups excluding carboxylic acids is 1. The largest absolute Gasteiger partial charge is 0.388 e. The molecule has 1 aromatic rings. The zero-order valence-corrected chi connectivity index (χ0v) is 12.1. The van der Waals surface area contributed by atoms with Crippen molar-refractivity contribution in [1.82, 2.24) is 5.32 Å². The molecule has 1 amide bonds. The van der Waals surface area contributed by atoms with Crippen molar-refractivity contribution in [2.45, 2.75) is 45.6 Å². The summed E-state index contributed by atoms with van der Waals surface area (Å²) in [6, 6.07) is 6.21. The Balaban J connectivity index is 2.03. The molecule has 0 heterocycles. The summed E-state index contributed by atoms with van der Waals surface area (Å²) in [5, 5.41) is 6.27. The zero-order valence-electron chi connectivity index (χ0n) is 12.1. The third-order valence-electron chi connectivity index (χ3n) is 4.03. The van der Waals surface area contributed by atoms with Crippen LogP contribution in [-0.2, 0) is 0 Å². The smallest absolute Gasteiger partial charge is 0.251 e. The molecule has 104 valence electrons. The first-order valence-electron chi connectivity index (χ1n) is 7.19. The van der Waals surface area contributed by atoms with Crippen LogP contribution in [0.15, 0.2) is 18.2 Å². The fraction of sp³-hybridized carbons (Fsp3) is 0.562. The van der Waals surface area contributed by atoms with Crippen molar-refractivity contribution in [3.63, 3.8) is 0 Å². The molecule has 1 fully saturated rings. The van der Waals surface area contributed by atoms with E-state index >= 15 is 0 Å². The van der Waals surface area contributed by atoms with Crippen LogP contribution in [0.2, 0.25) is 0 Å². The minimum atomic E-state index is 0.0688. The third kappa shape index (κ3) is 3.49. The Labute approximate surface area is 115 Å². The van der Waals surface area contributed by atoms with Gasteiger partial charge in [0.25, 0.3) is 5.91 Å². The highest BCUT2D eigenvalue weighted by atomic mass is 16.1. The minimum absolute atomic E-state index is 0.0688. The Morgan fingerprint density at radius 2 is 2.11 bits per heavy atom. The predicted molar refractivity (Wildman–Crippen MR) is 79.6 cm³/mol. The van der Waals surface area contributed by atoms with E-state index in [1.54, 1.807) is 0 Å². The number of carbonyl (C=O) groups is 1. The molecule has 1 aliphatic carbocycles. The molecule has 0 saturated heterocycles. The molecule has 0 radical (unpaired) electrons. The number of hydrogen-bond donors (Lipinski definition) is 2. The van der Waals surface area contributed by atoms with Crippen molar-refractivity contribution in [1.29, 1.82) is 0 Å². The third-order valence-corrected chi connectivity index (χ3v) is 4.03. The van der Waals surface area contributed by atoms with E-state index < -0.39 is 0 Å². The van der Waals surface area contributed by atoms with Gasteiger partial charge >= 0.3 is 0 Å². The Bertz CT molecular complexity index is 456. The van der Waals surface area contributed by atoms with Gasteiger partial charge in [-0.25, -0.2) is 0 Å². The van der Waals surface area contributed by atoms with E-state index in [0.29, 0.717) is 6.04 Å². The monoisotopic (exact) mass is 260 g/mol. The fourth-order valence-electron chi connectivity index (χ4n) is 2.90. The summed E-state index contributed by atoms with van der Waals surface area (Å²) in [7, 11) is 1.89. The van der Waals surface area contributed by atoms with Crippen LogP contribution in [0.1, 0.15) is 48.5 Å². The second-order valence-corrected chi connectivity index (χ2v) is 5.72. The Morgan fingerprint density at radius 3 is 2.74 bits per heavy atom. The summed E-state index contributed by atoms with van der Waals surface area (Å²) in [6.45, 7) is 4.25. The van der Waals surface area contributed by atoms with Crippen LogP contribution >= 0.6 is 0 Å². The van der Waals surface area contributed by atoms with Crippen molar-refractivity contribution in [2.24, 2.45) is 5.92 Å². The van der Waals surface area contributed by atoms with E-state index in [9.17, 15) is 4.79 Å². The lowest BCUT2D eigenvalue weighted by atomic mass is 9.87. The average Bonchev–Trinajstić information content (AvgIpc) is 2.38. The van der Waals surface area contributed by atoms with Crippen molar-refractivity contribution < 1.29 is 4.79 Å². The highest BCUT2D eigenvalue weighted by Gasteiger charge is 2.21. The maximum Gasteiger partial charge on any atom is 0.251 e. The first kappa shape index (κ1) is 13.9. The number of rotatable bonds is 3. The van der Waals surface area contributed by atoms with E-state index in [1.807, 2.05) is 32.2 Å². The zero-order chi connectivity index (χ0) is 13.8. The highest BCUT2D eigenvalue weighted by molar-refractivity contribution is 5.96. The molecule has 2 atom stereocenters. The molecule has 0 aliphatic heterocycles. The molecule has 1 aromatic carbocycles. The molecule has 0 spiro atoms. The molecule has 3 nitrogen and oxygen atoms in total. The standard InChI is InChI=1S/C16H24N2O/c1-11-5-4-6-14(9-11)18-16(19)15-8-7-13(17-3)10-12(15)2/h7-8,10-11,14,17H,4-6,9H2,1-3H3,(H,18,19). The molecule has 2 unspecified atom stereocenters. The second-order valence-electron chi connectivity index (χ2n) is 5.72. The maximum atomic E-state index is 12.3. The number of aryl methyl sites for hydroxylation is 1. The summed E-state index contributed by atoms with van der Waals surface area (Å²) < 4.78 is 0. The summed E-state index contributed by atoms with van der Waals surface area (Å²) in [5.74, 6) is 0.797. The topological polar surface area (TPSA) is 41.1 Å². The molecule has 19 heavy (non-hydrogen) atoms. The second kappa shape index (κ2) is 6.09. The van der Waals surface area contributed by atoms with E-state index in [2.05, 4.69) is 17.6 Å².